The third kappa shape index (κ3) is 1.98. The highest BCUT2D eigenvalue weighted by atomic mass is 15.1. The molecule has 0 saturated carbocycles. The lowest BCUT2D eigenvalue weighted by atomic mass is 10.0. The number of hydrogen-bond acceptors (Lipinski definition) is 2. The summed E-state index contributed by atoms with van der Waals surface area (Å²) in [6, 6.07) is 0. The molecule has 3 nitrogen and oxygen atoms in total. The first-order chi connectivity index (χ1) is 6.92. The molecule has 1 aliphatic rings. The highest BCUT2D eigenvalue weighted by Crippen LogP contribution is 2.19. The Balaban J connectivity index is 1.99. The van der Waals surface area contributed by atoms with E-state index in [1.807, 2.05) is 13.4 Å². The average Bonchev–Trinajstić information content (AvgIpc) is 2.63. The van der Waals surface area contributed by atoms with Crippen molar-refractivity contribution in [3.8, 4) is 0 Å². The van der Waals surface area contributed by atoms with Crippen LogP contribution in [0.1, 0.15) is 30.7 Å². The van der Waals surface area contributed by atoms with E-state index in [1.54, 1.807) is 0 Å². The third-order valence-electron chi connectivity index (χ3n) is 2.94. The zero-order chi connectivity index (χ0) is 9.80. The van der Waals surface area contributed by atoms with Crippen molar-refractivity contribution < 1.29 is 0 Å². The zero-order valence-electron chi connectivity index (χ0n) is 8.92. The van der Waals surface area contributed by atoms with E-state index < -0.39 is 0 Å². The summed E-state index contributed by atoms with van der Waals surface area (Å²) < 4.78 is 2.34. The highest BCUT2D eigenvalue weighted by Gasteiger charge is 2.14. The second-order valence-electron chi connectivity index (χ2n) is 4.00. The molecule has 3 heteroatoms. The highest BCUT2D eigenvalue weighted by molar-refractivity contribution is 5.16. The lowest BCUT2D eigenvalue weighted by molar-refractivity contribution is 0.569. The molecule has 0 spiro atoms. The second-order valence-corrected chi connectivity index (χ2v) is 4.00. The molecule has 1 heterocycles. The van der Waals surface area contributed by atoms with Crippen LogP contribution in [0.3, 0.4) is 0 Å². The first kappa shape index (κ1) is 9.71. The first-order valence-corrected chi connectivity index (χ1v) is 5.59. The van der Waals surface area contributed by atoms with Gasteiger partial charge in [0.25, 0.3) is 0 Å². The summed E-state index contributed by atoms with van der Waals surface area (Å²) in [6.45, 7) is 2.20. The predicted molar refractivity (Wildman–Crippen MR) is 57.4 cm³/mol. The van der Waals surface area contributed by atoms with E-state index >= 15 is 0 Å². The van der Waals surface area contributed by atoms with Crippen LogP contribution in [0.25, 0.3) is 0 Å². The summed E-state index contributed by atoms with van der Waals surface area (Å²) in [5.74, 6) is 0. The third-order valence-corrected chi connectivity index (χ3v) is 2.94. The molecule has 78 valence electrons. The van der Waals surface area contributed by atoms with Gasteiger partial charge in [-0.2, -0.15) is 0 Å². The van der Waals surface area contributed by atoms with E-state index in [0.717, 1.165) is 13.1 Å². The number of aryl methyl sites for hydroxylation is 2. The molecule has 1 N–H and O–H groups in total. The van der Waals surface area contributed by atoms with Crippen LogP contribution in [0.2, 0.25) is 0 Å². The van der Waals surface area contributed by atoms with Crippen LogP contribution in [-0.4, -0.2) is 23.1 Å². The molecule has 0 fully saturated rings. The Morgan fingerprint density at radius 3 is 3.14 bits per heavy atom. The van der Waals surface area contributed by atoms with Crippen molar-refractivity contribution in [1.82, 2.24) is 14.9 Å². The average molecular weight is 193 g/mol. The fourth-order valence-electron chi connectivity index (χ4n) is 2.15. The minimum Gasteiger partial charge on any atom is -0.334 e. The number of aromatic nitrogens is 2. The van der Waals surface area contributed by atoms with Crippen LogP contribution in [-0.2, 0) is 19.4 Å². The minimum absolute atomic E-state index is 1.09. The number of hydrogen-bond donors (Lipinski definition) is 1. The second kappa shape index (κ2) is 4.60. The molecule has 0 radical (unpaired) electrons. The minimum atomic E-state index is 1.09. The van der Waals surface area contributed by atoms with Gasteiger partial charge in [-0.15, -0.1) is 0 Å². The predicted octanol–water partition coefficient (Wildman–Crippen LogP) is 1.37. The maximum atomic E-state index is 4.48. The maximum Gasteiger partial charge on any atom is 0.0951 e. The van der Waals surface area contributed by atoms with E-state index in [0.29, 0.717) is 0 Å². The number of nitrogens with one attached hydrogen (secondary N) is 1. The molecule has 14 heavy (non-hydrogen) atoms. The van der Waals surface area contributed by atoms with Gasteiger partial charge < -0.3 is 9.88 Å². The lowest BCUT2D eigenvalue weighted by Gasteiger charge is -2.13. The van der Waals surface area contributed by atoms with Crippen molar-refractivity contribution in [2.75, 3.05) is 13.6 Å². The van der Waals surface area contributed by atoms with Gasteiger partial charge in [0.2, 0.25) is 0 Å². The van der Waals surface area contributed by atoms with Gasteiger partial charge in [0.05, 0.1) is 12.0 Å². The Kier molecular flexibility index (Phi) is 3.19. The van der Waals surface area contributed by atoms with E-state index in [2.05, 4.69) is 14.9 Å². The van der Waals surface area contributed by atoms with Gasteiger partial charge in [0.1, 0.15) is 0 Å². The fraction of sp³-hybridized carbons (Fsp3) is 0.727. The monoisotopic (exact) mass is 193 g/mol. The first-order valence-electron chi connectivity index (χ1n) is 5.59. The van der Waals surface area contributed by atoms with Crippen molar-refractivity contribution in [2.24, 2.45) is 0 Å². The summed E-state index contributed by atoms with van der Waals surface area (Å²) in [6.07, 6.45) is 8.29. The molecule has 0 aromatic carbocycles. The Hall–Kier alpha value is -0.830. The smallest absolute Gasteiger partial charge is 0.0951 e. The Bertz CT molecular complexity index is 291. The lowest BCUT2D eigenvalue weighted by Crippen LogP contribution is -2.13. The van der Waals surface area contributed by atoms with Gasteiger partial charge in [-0.1, -0.05) is 0 Å². The van der Waals surface area contributed by atoms with Crippen molar-refractivity contribution >= 4 is 0 Å². The number of rotatable bonds is 4. The standard InChI is InChI=1S/C11H19N3/c1-12-7-4-8-14-9-13-10-5-2-3-6-11(10)14/h9,12H,2-8H2,1H3. The Labute approximate surface area is 85.5 Å². The van der Waals surface area contributed by atoms with Gasteiger partial charge >= 0.3 is 0 Å². The fourth-order valence-corrected chi connectivity index (χ4v) is 2.15. The summed E-state index contributed by atoms with van der Waals surface area (Å²) in [7, 11) is 2.00. The van der Waals surface area contributed by atoms with Crippen LogP contribution in [0.15, 0.2) is 6.33 Å². The summed E-state index contributed by atoms with van der Waals surface area (Å²) in [5, 5.41) is 3.18. The van der Waals surface area contributed by atoms with Crippen molar-refractivity contribution in [3.63, 3.8) is 0 Å². The SMILES string of the molecule is CNCCCn1cnc2c1CCCC2. The molecule has 1 aliphatic carbocycles. The van der Waals surface area contributed by atoms with Gasteiger partial charge in [-0.3, -0.25) is 0 Å². The maximum absolute atomic E-state index is 4.48. The molecular weight excluding hydrogens is 174 g/mol. The zero-order valence-corrected chi connectivity index (χ0v) is 8.92. The van der Waals surface area contributed by atoms with Gasteiger partial charge in [0.15, 0.2) is 0 Å². The van der Waals surface area contributed by atoms with Gasteiger partial charge in [0, 0.05) is 12.2 Å². The summed E-state index contributed by atoms with van der Waals surface area (Å²) in [4.78, 5) is 4.48. The molecule has 0 aliphatic heterocycles. The van der Waals surface area contributed by atoms with Crippen molar-refractivity contribution in [3.05, 3.63) is 17.7 Å². The molecule has 2 rings (SSSR count). The Morgan fingerprint density at radius 1 is 1.43 bits per heavy atom. The van der Waals surface area contributed by atoms with Gasteiger partial charge in [-0.05, 0) is 45.7 Å². The van der Waals surface area contributed by atoms with Crippen LogP contribution < -0.4 is 5.32 Å². The van der Waals surface area contributed by atoms with Crippen molar-refractivity contribution in [1.29, 1.82) is 0 Å². The quantitative estimate of drug-likeness (QED) is 0.732. The molecule has 1 aromatic heterocycles. The Morgan fingerprint density at radius 2 is 2.29 bits per heavy atom. The molecule has 0 saturated heterocycles. The normalized spacial score (nSPS) is 15.5. The van der Waals surface area contributed by atoms with Crippen LogP contribution in [0.5, 0.6) is 0 Å². The number of fused-ring (bicyclic) bond motifs is 1. The summed E-state index contributed by atoms with van der Waals surface area (Å²) in [5.41, 5.74) is 2.84. The summed E-state index contributed by atoms with van der Waals surface area (Å²) >= 11 is 0. The van der Waals surface area contributed by atoms with Crippen LogP contribution in [0.4, 0.5) is 0 Å². The molecule has 0 bridgehead atoms. The van der Waals surface area contributed by atoms with E-state index in [4.69, 9.17) is 0 Å². The topological polar surface area (TPSA) is 29.9 Å². The molecule has 0 atom stereocenters. The van der Waals surface area contributed by atoms with Crippen LogP contribution >= 0.6 is 0 Å². The number of imidazole rings is 1. The molecular formula is C11H19N3. The van der Waals surface area contributed by atoms with Crippen molar-refractivity contribution in [2.45, 2.75) is 38.6 Å². The van der Waals surface area contributed by atoms with E-state index in [1.165, 1.54) is 43.5 Å². The largest absolute Gasteiger partial charge is 0.334 e. The number of nitrogens with zero attached hydrogens (tertiary/aromatic N) is 2. The molecule has 1 aromatic rings. The van der Waals surface area contributed by atoms with Gasteiger partial charge in [-0.25, -0.2) is 4.98 Å². The molecule has 0 amide bonds. The van der Waals surface area contributed by atoms with Crippen LogP contribution in [0, 0.1) is 0 Å². The molecule has 0 unspecified atom stereocenters. The van der Waals surface area contributed by atoms with E-state index in [-0.39, 0.29) is 0 Å². The van der Waals surface area contributed by atoms with E-state index in [9.17, 15) is 0 Å².